The van der Waals surface area contributed by atoms with Crippen molar-refractivity contribution in [1.82, 2.24) is 10.2 Å². The van der Waals surface area contributed by atoms with Crippen molar-refractivity contribution in [1.29, 1.82) is 0 Å². The first-order valence-electron chi connectivity index (χ1n) is 8.40. The number of hydrogen-bond acceptors (Lipinski definition) is 4. The summed E-state index contributed by atoms with van der Waals surface area (Å²) in [7, 11) is 1.64. The molecule has 0 saturated carbocycles. The fraction of sp³-hybridized carbons (Fsp3) is 0.611. The maximum Gasteiger partial charge on any atom is 0.237 e. The number of benzene rings is 1. The molecule has 1 aliphatic heterocycles. The standard InChI is InChI=1S/C18H28N2O3/c1-14(20-10-7-15(8-11-20)9-12-21)18(22)19-13-16-5-3-4-6-17(16)23-2/h3-6,14-15,21H,7-13H2,1-2H3,(H,19,22). The lowest BCUT2D eigenvalue weighted by Gasteiger charge is -2.35. The highest BCUT2D eigenvalue weighted by molar-refractivity contribution is 5.81. The summed E-state index contributed by atoms with van der Waals surface area (Å²) in [5.41, 5.74) is 0.984. The third-order valence-electron chi connectivity index (χ3n) is 4.76. The van der Waals surface area contributed by atoms with Crippen LogP contribution >= 0.6 is 0 Å². The molecular weight excluding hydrogens is 292 g/mol. The van der Waals surface area contributed by atoms with E-state index < -0.39 is 0 Å². The van der Waals surface area contributed by atoms with Crippen molar-refractivity contribution in [2.45, 2.75) is 38.8 Å². The molecule has 0 spiro atoms. The number of aliphatic hydroxyl groups excluding tert-OH is 1. The van der Waals surface area contributed by atoms with Crippen LogP contribution in [0, 0.1) is 5.92 Å². The smallest absolute Gasteiger partial charge is 0.237 e. The Bertz CT molecular complexity index is 499. The Hall–Kier alpha value is -1.59. The molecule has 2 rings (SSSR count). The number of piperidine rings is 1. The Kier molecular flexibility index (Phi) is 6.86. The van der Waals surface area contributed by atoms with Gasteiger partial charge in [-0.25, -0.2) is 0 Å². The van der Waals surface area contributed by atoms with Crippen LogP contribution in [0.1, 0.15) is 31.7 Å². The van der Waals surface area contributed by atoms with E-state index in [0.29, 0.717) is 12.5 Å². The van der Waals surface area contributed by atoms with E-state index in [1.165, 1.54) is 0 Å². The van der Waals surface area contributed by atoms with E-state index in [-0.39, 0.29) is 18.6 Å². The zero-order chi connectivity index (χ0) is 16.7. The van der Waals surface area contributed by atoms with E-state index in [4.69, 9.17) is 9.84 Å². The summed E-state index contributed by atoms with van der Waals surface area (Å²) in [4.78, 5) is 14.6. The van der Waals surface area contributed by atoms with Gasteiger partial charge in [-0.1, -0.05) is 18.2 Å². The van der Waals surface area contributed by atoms with Crippen LogP contribution in [0.25, 0.3) is 0 Å². The molecule has 23 heavy (non-hydrogen) atoms. The number of hydrogen-bond donors (Lipinski definition) is 2. The van der Waals surface area contributed by atoms with Gasteiger partial charge < -0.3 is 15.2 Å². The predicted octanol–water partition coefficient (Wildman–Crippen LogP) is 1.79. The third-order valence-corrected chi connectivity index (χ3v) is 4.76. The van der Waals surface area contributed by atoms with Crippen LogP contribution in [-0.4, -0.2) is 48.8 Å². The number of nitrogens with zero attached hydrogens (tertiary/aromatic N) is 1. The van der Waals surface area contributed by atoms with Gasteiger partial charge in [0.1, 0.15) is 5.75 Å². The average molecular weight is 320 g/mol. The molecule has 1 atom stereocenters. The van der Waals surface area contributed by atoms with Crippen LogP contribution in [0.5, 0.6) is 5.75 Å². The summed E-state index contributed by atoms with van der Waals surface area (Å²) < 4.78 is 5.31. The van der Waals surface area contributed by atoms with Gasteiger partial charge in [-0.15, -0.1) is 0 Å². The maximum absolute atomic E-state index is 12.4. The minimum absolute atomic E-state index is 0.0523. The summed E-state index contributed by atoms with van der Waals surface area (Å²) in [5, 5.41) is 12.0. The van der Waals surface area contributed by atoms with Gasteiger partial charge in [-0.2, -0.15) is 0 Å². The van der Waals surface area contributed by atoms with Crippen molar-refractivity contribution in [3.05, 3.63) is 29.8 Å². The summed E-state index contributed by atoms with van der Waals surface area (Å²) in [6.45, 7) is 4.56. The third kappa shape index (κ3) is 4.94. The van der Waals surface area contributed by atoms with Gasteiger partial charge in [0.2, 0.25) is 5.91 Å². The zero-order valence-electron chi connectivity index (χ0n) is 14.1. The molecule has 128 valence electrons. The number of para-hydroxylation sites is 1. The Morgan fingerprint density at radius 2 is 2.09 bits per heavy atom. The average Bonchev–Trinajstić information content (AvgIpc) is 2.60. The van der Waals surface area contributed by atoms with Gasteiger partial charge in [0, 0.05) is 18.7 Å². The largest absolute Gasteiger partial charge is 0.496 e. The first-order valence-corrected chi connectivity index (χ1v) is 8.40. The maximum atomic E-state index is 12.4. The van der Waals surface area contributed by atoms with E-state index in [1.54, 1.807) is 7.11 Å². The molecule has 0 radical (unpaired) electrons. The number of carbonyl (C=O) groups is 1. The van der Waals surface area contributed by atoms with E-state index >= 15 is 0 Å². The summed E-state index contributed by atoms with van der Waals surface area (Å²) in [5.74, 6) is 1.45. The van der Waals surface area contributed by atoms with Gasteiger partial charge in [0.25, 0.3) is 0 Å². The van der Waals surface area contributed by atoms with Crippen molar-refractivity contribution in [2.75, 3.05) is 26.8 Å². The van der Waals surface area contributed by atoms with Crippen LogP contribution in [0.3, 0.4) is 0 Å². The molecule has 0 aromatic heterocycles. The highest BCUT2D eigenvalue weighted by Crippen LogP contribution is 2.22. The van der Waals surface area contributed by atoms with Gasteiger partial charge in [-0.05, 0) is 51.3 Å². The molecule has 5 nitrogen and oxygen atoms in total. The predicted molar refractivity (Wildman–Crippen MR) is 90.3 cm³/mol. The monoisotopic (exact) mass is 320 g/mol. The number of carbonyl (C=O) groups excluding carboxylic acids is 1. The molecule has 2 N–H and O–H groups in total. The summed E-state index contributed by atoms with van der Waals surface area (Å²) >= 11 is 0. The fourth-order valence-electron chi connectivity index (χ4n) is 3.16. The molecule has 1 unspecified atom stereocenters. The first kappa shape index (κ1) is 17.8. The molecule has 1 aliphatic rings. The van der Waals surface area contributed by atoms with Crippen LogP contribution in [0.4, 0.5) is 0 Å². The number of nitrogens with one attached hydrogen (secondary N) is 1. The lowest BCUT2D eigenvalue weighted by molar-refractivity contribution is -0.126. The Balaban J connectivity index is 1.81. The van der Waals surface area contributed by atoms with Crippen molar-refractivity contribution in [3.8, 4) is 5.75 Å². The molecule has 1 fully saturated rings. The van der Waals surface area contributed by atoms with Gasteiger partial charge >= 0.3 is 0 Å². The van der Waals surface area contributed by atoms with Crippen molar-refractivity contribution in [2.24, 2.45) is 5.92 Å². The number of amides is 1. The number of likely N-dealkylation sites (tertiary alicyclic amines) is 1. The second-order valence-corrected chi connectivity index (χ2v) is 6.20. The Morgan fingerprint density at radius 3 is 2.74 bits per heavy atom. The van der Waals surface area contributed by atoms with Crippen molar-refractivity contribution < 1.29 is 14.6 Å². The minimum atomic E-state index is -0.125. The normalized spacial score (nSPS) is 17.7. The van der Waals surface area contributed by atoms with Crippen LogP contribution in [0.2, 0.25) is 0 Å². The highest BCUT2D eigenvalue weighted by atomic mass is 16.5. The SMILES string of the molecule is COc1ccccc1CNC(=O)C(C)N1CCC(CCO)CC1. The minimum Gasteiger partial charge on any atom is -0.496 e. The second kappa shape index (κ2) is 8.89. The molecular formula is C18H28N2O3. The van der Waals surface area contributed by atoms with E-state index in [0.717, 1.165) is 43.7 Å². The molecule has 1 aromatic rings. The molecule has 0 aliphatic carbocycles. The zero-order valence-corrected chi connectivity index (χ0v) is 14.1. The van der Waals surface area contributed by atoms with Crippen LogP contribution in [0.15, 0.2) is 24.3 Å². The Morgan fingerprint density at radius 1 is 1.39 bits per heavy atom. The number of methoxy groups -OCH3 is 1. The topological polar surface area (TPSA) is 61.8 Å². The van der Waals surface area contributed by atoms with Gasteiger partial charge in [0.15, 0.2) is 0 Å². The quantitative estimate of drug-likeness (QED) is 0.804. The highest BCUT2D eigenvalue weighted by Gasteiger charge is 2.26. The number of aliphatic hydroxyl groups is 1. The Labute approximate surface area is 138 Å². The van der Waals surface area contributed by atoms with Crippen LogP contribution in [-0.2, 0) is 11.3 Å². The molecule has 1 amide bonds. The van der Waals surface area contributed by atoms with E-state index in [9.17, 15) is 4.79 Å². The van der Waals surface area contributed by atoms with Crippen molar-refractivity contribution >= 4 is 5.91 Å². The summed E-state index contributed by atoms with van der Waals surface area (Å²) in [6, 6.07) is 7.60. The van der Waals surface area contributed by atoms with Crippen molar-refractivity contribution in [3.63, 3.8) is 0 Å². The van der Waals surface area contributed by atoms with Gasteiger partial charge in [0.05, 0.1) is 13.2 Å². The molecule has 1 saturated heterocycles. The molecule has 5 heteroatoms. The second-order valence-electron chi connectivity index (χ2n) is 6.20. The van der Waals surface area contributed by atoms with Crippen LogP contribution < -0.4 is 10.1 Å². The van der Waals surface area contributed by atoms with E-state index in [1.807, 2.05) is 31.2 Å². The fourth-order valence-corrected chi connectivity index (χ4v) is 3.16. The lowest BCUT2D eigenvalue weighted by Crippen LogP contribution is -2.48. The summed E-state index contributed by atoms with van der Waals surface area (Å²) in [6.07, 6.45) is 3.00. The van der Waals surface area contributed by atoms with E-state index in [2.05, 4.69) is 10.2 Å². The lowest BCUT2D eigenvalue weighted by atomic mass is 9.93. The molecule has 1 heterocycles. The number of rotatable bonds is 7. The molecule has 1 aromatic carbocycles. The first-order chi connectivity index (χ1) is 11.2. The molecule has 0 bridgehead atoms. The number of ether oxygens (including phenoxy) is 1. The van der Waals surface area contributed by atoms with Gasteiger partial charge in [-0.3, -0.25) is 9.69 Å².